The average molecular weight is 438 g/mol. The zero-order chi connectivity index (χ0) is 12.2. The molecule has 2 nitrogen and oxygen atoms in total. The first-order chi connectivity index (χ1) is 7.76. The summed E-state index contributed by atoms with van der Waals surface area (Å²) < 4.78 is 5.30. The first kappa shape index (κ1) is 19.7. The number of hydrogen-bond acceptors (Lipinski definition) is 2. The molecule has 2 radical (unpaired) electrons. The van der Waals surface area contributed by atoms with Crippen molar-refractivity contribution in [1.29, 1.82) is 0 Å². The second-order valence-electron chi connectivity index (χ2n) is 4.50. The third-order valence-corrected chi connectivity index (χ3v) is 2.89. The Kier molecular flexibility index (Phi) is 16.8. The van der Waals surface area contributed by atoms with Gasteiger partial charge in [-0.2, -0.15) is 0 Å². The topological polar surface area (TPSA) is 26.3 Å². The molecule has 0 aliphatic carbocycles. The van der Waals surface area contributed by atoms with Crippen LogP contribution in [0.5, 0.6) is 0 Å². The van der Waals surface area contributed by atoms with Crippen LogP contribution >= 0.6 is 0 Å². The summed E-state index contributed by atoms with van der Waals surface area (Å²) in [6.45, 7) is 7.04. The van der Waals surface area contributed by atoms with Crippen LogP contribution in [0.3, 0.4) is 0 Å². The van der Waals surface area contributed by atoms with Crippen LogP contribution in [0.4, 0.5) is 0 Å². The predicted octanol–water partition coefficient (Wildman–Crippen LogP) is 3.41. The normalized spacial score (nSPS) is 10.1. The van der Waals surface area contributed by atoms with Gasteiger partial charge in [0.05, 0.1) is 12.5 Å². The minimum atomic E-state index is 0. The number of carbonyl (C=O) groups excluding carboxylic acids is 1. The van der Waals surface area contributed by atoms with E-state index in [4.69, 9.17) is 4.74 Å². The fourth-order valence-electron chi connectivity index (χ4n) is 1.72. The van der Waals surface area contributed by atoms with Crippen molar-refractivity contribution in [3.63, 3.8) is 0 Å². The van der Waals surface area contributed by atoms with Crippen molar-refractivity contribution in [2.45, 2.75) is 72.1 Å². The third-order valence-electron chi connectivity index (χ3n) is 2.89. The molecule has 0 fully saturated rings. The van der Waals surface area contributed by atoms with Gasteiger partial charge in [0.1, 0.15) is 0 Å². The third kappa shape index (κ3) is 11.2. The van der Waals surface area contributed by atoms with Gasteiger partial charge in [0.25, 0.3) is 0 Å². The van der Waals surface area contributed by atoms with Crippen molar-refractivity contribution in [1.82, 2.24) is 0 Å². The van der Waals surface area contributed by atoms with Gasteiger partial charge in [0, 0.05) is 0 Å². The molecule has 102 valence electrons. The minimum absolute atomic E-state index is 0. The van der Waals surface area contributed by atoms with E-state index in [-0.39, 0.29) is 39.2 Å². The van der Waals surface area contributed by atoms with Gasteiger partial charge in [-0.25, -0.2) is 0 Å². The van der Waals surface area contributed by atoms with Gasteiger partial charge in [0.2, 0.25) is 0 Å². The van der Waals surface area contributed by atoms with Gasteiger partial charge < -0.3 is 4.74 Å². The molecule has 0 aliphatic heterocycles. The van der Waals surface area contributed by atoms with E-state index in [1.165, 1.54) is 0 Å². The molecule has 0 N–H and O–H groups in total. The summed E-state index contributed by atoms with van der Waals surface area (Å²) in [6.07, 6.45) is 8.66. The summed E-state index contributed by atoms with van der Waals surface area (Å²) in [6, 6.07) is 0. The zero-order valence-corrected chi connectivity index (χ0v) is 17.5. The molecule has 0 spiro atoms. The molecule has 0 aromatic rings. The molecule has 0 bridgehead atoms. The van der Waals surface area contributed by atoms with E-state index in [0.29, 0.717) is 6.61 Å². The summed E-state index contributed by atoms with van der Waals surface area (Å²) in [7, 11) is 0. The number of rotatable bonds is 10. The van der Waals surface area contributed by atoms with Crippen LogP contribution in [0.1, 0.15) is 72.1 Å². The SMILES string of the molecule is CCCCOC(=O)C(CCCC)CCCC.[PbH2]. The fourth-order valence-corrected chi connectivity index (χ4v) is 1.72. The molecule has 0 saturated heterocycles. The Labute approximate surface area is 127 Å². The molecule has 17 heavy (non-hydrogen) atoms. The Morgan fingerprint density at radius 2 is 1.41 bits per heavy atom. The maximum atomic E-state index is 11.8. The van der Waals surface area contributed by atoms with Gasteiger partial charge in [0.15, 0.2) is 0 Å². The van der Waals surface area contributed by atoms with Crippen LogP contribution in [-0.4, -0.2) is 39.9 Å². The Morgan fingerprint density at radius 1 is 0.941 bits per heavy atom. The molecule has 0 rings (SSSR count). The molecule has 0 heterocycles. The molecule has 0 aromatic heterocycles. The van der Waals surface area contributed by atoms with E-state index < -0.39 is 0 Å². The first-order valence-electron chi connectivity index (χ1n) is 6.92. The number of carbonyl (C=O) groups is 1. The van der Waals surface area contributed by atoms with E-state index in [1.54, 1.807) is 0 Å². The Hall–Kier alpha value is 0.392. The second kappa shape index (κ2) is 14.5. The average Bonchev–Trinajstić information content (AvgIpc) is 2.29. The predicted molar refractivity (Wildman–Crippen MR) is 77.0 cm³/mol. The Bertz CT molecular complexity index is 164. The van der Waals surface area contributed by atoms with Crippen LogP contribution in [-0.2, 0) is 9.53 Å². The molecule has 0 atom stereocenters. The van der Waals surface area contributed by atoms with Crippen molar-refractivity contribution in [3.8, 4) is 0 Å². The molecule has 3 heteroatoms. The summed E-state index contributed by atoms with van der Waals surface area (Å²) >= 11 is 0. The van der Waals surface area contributed by atoms with Gasteiger partial charge in [-0.05, 0) is 19.3 Å². The van der Waals surface area contributed by atoms with Crippen LogP contribution in [0.25, 0.3) is 0 Å². The van der Waals surface area contributed by atoms with Crippen molar-refractivity contribution >= 4 is 33.3 Å². The van der Waals surface area contributed by atoms with Gasteiger partial charge in [-0.15, -0.1) is 0 Å². The molecular weight excluding hydrogens is 407 g/mol. The van der Waals surface area contributed by atoms with Crippen molar-refractivity contribution in [3.05, 3.63) is 0 Å². The zero-order valence-electron chi connectivity index (χ0n) is 12.0. The quantitative estimate of drug-likeness (QED) is 0.297. The van der Waals surface area contributed by atoms with Gasteiger partial charge in [-0.1, -0.05) is 52.9 Å². The monoisotopic (exact) mass is 438 g/mol. The molecule has 0 aromatic carbocycles. The van der Waals surface area contributed by atoms with E-state index >= 15 is 0 Å². The van der Waals surface area contributed by atoms with E-state index in [2.05, 4.69) is 20.8 Å². The molecule has 0 aliphatic rings. The van der Waals surface area contributed by atoms with E-state index in [9.17, 15) is 4.79 Å². The van der Waals surface area contributed by atoms with Crippen LogP contribution in [0, 0.1) is 5.92 Å². The summed E-state index contributed by atoms with van der Waals surface area (Å²) in [5, 5.41) is 0. The number of hydrogen-bond donors (Lipinski definition) is 0. The van der Waals surface area contributed by atoms with E-state index in [0.717, 1.165) is 51.4 Å². The summed E-state index contributed by atoms with van der Waals surface area (Å²) in [5.74, 6) is 0.187. The fraction of sp³-hybridized carbons (Fsp3) is 0.929. The Balaban J connectivity index is 0. The van der Waals surface area contributed by atoms with Gasteiger partial charge in [-0.3, -0.25) is 4.79 Å². The van der Waals surface area contributed by atoms with Crippen molar-refractivity contribution < 1.29 is 9.53 Å². The summed E-state index contributed by atoms with van der Waals surface area (Å²) in [5.41, 5.74) is 0. The summed E-state index contributed by atoms with van der Waals surface area (Å²) in [4.78, 5) is 11.8. The van der Waals surface area contributed by atoms with Crippen molar-refractivity contribution in [2.24, 2.45) is 5.92 Å². The van der Waals surface area contributed by atoms with Crippen molar-refractivity contribution in [2.75, 3.05) is 6.61 Å². The molecule has 0 unspecified atom stereocenters. The Morgan fingerprint density at radius 3 is 1.82 bits per heavy atom. The van der Waals surface area contributed by atoms with E-state index in [1.807, 2.05) is 0 Å². The first-order valence-corrected chi connectivity index (χ1v) is 6.92. The molecule has 0 amide bonds. The molecule has 0 saturated carbocycles. The van der Waals surface area contributed by atoms with Crippen LogP contribution in [0.2, 0.25) is 0 Å². The molecular formula is C14H30O2Pb. The van der Waals surface area contributed by atoms with Gasteiger partial charge >= 0.3 is 33.3 Å². The maximum absolute atomic E-state index is 11.8. The second-order valence-corrected chi connectivity index (χ2v) is 4.50. The number of unbranched alkanes of at least 4 members (excludes halogenated alkanes) is 3. The standard InChI is InChI=1S/C14H28O2.Pb.2H/c1-4-7-10-13(11-8-5-2)14(15)16-12-9-6-3;;;/h13H,4-12H2,1-3H3;;;. The van der Waals surface area contributed by atoms with Crippen LogP contribution < -0.4 is 0 Å². The number of esters is 1. The number of ether oxygens (including phenoxy) is 1. The van der Waals surface area contributed by atoms with Crippen LogP contribution in [0.15, 0.2) is 0 Å².